The molecule has 0 spiro atoms. The van der Waals surface area contributed by atoms with Crippen molar-refractivity contribution in [2.45, 2.75) is 63.3 Å². The Bertz CT molecular complexity index is 686. The van der Waals surface area contributed by atoms with Crippen LogP contribution in [0.2, 0.25) is 0 Å². The Labute approximate surface area is 154 Å². The molecular formula is C20H28N4O2. The van der Waals surface area contributed by atoms with E-state index in [0.717, 1.165) is 42.9 Å². The highest BCUT2D eigenvalue weighted by Crippen LogP contribution is 2.34. The van der Waals surface area contributed by atoms with Crippen LogP contribution < -0.4 is 16.0 Å². The molecule has 6 heteroatoms. The van der Waals surface area contributed by atoms with Crippen LogP contribution in [0, 0.1) is 5.92 Å². The molecule has 1 aromatic rings. The number of rotatable bonds is 5. The highest BCUT2D eigenvalue weighted by molar-refractivity contribution is 5.93. The van der Waals surface area contributed by atoms with Crippen molar-refractivity contribution in [1.29, 1.82) is 0 Å². The van der Waals surface area contributed by atoms with E-state index in [1.54, 1.807) is 7.05 Å². The van der Waals surface area contributed by atoms with Crippen molar-refractivity contribution in [3.05, 3.63) is 29.8 Å². The minimum atomic E-state index is 0.148. The number of amides is 1. The van der Waals surface area contributed by atoms with Gasteiger partial charge in [0.25, 0.3) is 0 Å². The van der Waals surface area contributed by atoms with Gasteiger partial charge in [0.05, 0.1) is 18.2 Å². The summed E-state index contributed by atoms with van der Waals surface area (Å²) < 4.78 is 5.89. The highest BCUT2D eigenvalue weighted by Gasteiger charge is 2.41. The average Bonchev–Trinajstić information content (AvgIpc) is 3.20. The first-order chi connectivity index (χ1) is 12.7. The number of hydrogen-bond donors (Lipinski definition) is 3. The van der Waals surface area contributed by atoms with Gasteiger partial charge in [0, 0.05) is 25.2 Å². The Kier molecular flexibility index (Phi) is 5.11. The fourth-order valence-electron chi connectivity index (χ4n) is 4.02. The number of nitrogens with zero attached hydrogens (tertiary/aromatic N) is 1. The predicted molar refractivity (Wildman–Crippen MR) is 102 cm³/mol. The first kappa shape index (κ1) is 17.3. The van der Waals surface area contributed by atoms with E-state index < -0.39 is 0 Å². The van der Waals surface area contributed by atoms with E-state index in [1.165, 1.54) is 12.8 Å². The number of fused-ring (bicyclic) bond motifs is 2. The molecule has 26 heavy (non-hydrogen) atoms. The summed E-state index contributed by atoms with van der Waals surface area (Å²) in [5, 5.41) is 9.89. The molecular weight excluding hydrogens is 328 g/mol. The van der Waals surface area contributed by atoms with E-state index in [9.17, 15) is 4.79 Å². The van der Waals surface area contributed by atoms with Crippen molar-refractivity contribution >= 4 is 17.6 Å². The zero-order valence-corrected chi connectivity index (χ0v) is 15.3. The minimum absolute atomic E-state index is 0.148. The zero-order chi connectivity index (χ0) is 17.9. The van der Waals surface area contributed by atoms with Crippen LogP contribution in [0.4, 0.5) is 5.69 Å². The second kappa shape index (κ2) is 7.66. The molecule has 140 valence electrons. The van der Waals surface area contributed by atoms with Gasteiger partial charge < -0.3 is 20.7 Å². The molecule has 6 nitrogen and oxygen atoms in total. The summed E-state index contributed by atoms with van der Waals surface area (Å²) in [5.41, 5.74) is 1.98. The fourth-order valence-corrected chi connectivity index (χ4v) is 4.02. The quantitative estimate of drug-likeness (QED) is 0.559. The number of ether oxygens (including phenoxy) is 1. The molecule has 0 radical (unpaired) electrons. The molecule has 3 N–H and O–H groups in total. The Hall–Kier alpha value is -2.08. The number of guanidine groups is 1. The SMILES string of the molecule is CN=C(NCc1cccc(NC(=O)C2CCC2)c1)NC1CC2CCC1O2. The number of carbonyl (C=O) groups is 1. The van der Waals surface area contributed by atoms with Crippen LogP contribution in [0.3, 0.4) is 0 Å². The summed E-state index contributed by atoms with van der Waals surface area (Å²) in [6.07, 6.45) is 7.34. The van der Waals surface area contributed by atoms with Crippen LogP contribution in [0.15, 0.2) is 29.3 Å². The molecule has 2 aliphatic heterocycles. The van der Waals surface area contributed by atoms with Gasteiger partial charge in [0.1, 0.15) is 0 Å². The van der Waals surface area contributed by atoms with Gasteiger partial charge >= 0.3 is 0 Å². The molecule has 2 bridgehead atoms. The van der Waals surface area contributed by atoms with E-state index in [2.05, 4.69) is 27.0 Å². The second-order valence-corrected chi connectivity index (χ2v) is 7.60. The lowest BCUT2D eigenvalue weighted by atomic mass is 9.85. The van der Waals surface area contributed by atoms with Gasteiger partial charge in [-0.3, -0.25) is 9.79 Å². The van der Waals surface area contributed by atoms with E-state index in [1.807, 2.05) is 18.2 Å². The molecule has 1 amide bonds. The molecule has 2 saturated heterocycles. The third kappa shape index (κ3) is 3.85. The second-order valence-electron chi connectivity index (χ2n) is 7.60. The third-order valence-electron chi connectivity index (χ3n) is 5.78. The van der Waals surface area contributed by atoms with Crippen LogP contribution in [-0.4, -0.2) is 37.2 Å². The van der Waals surface area contributed by atoms with Crippen LogP contribution in [0.5, 0.6) is 0 Å². The van der Waals surface area contributed by atoms with Crippen molar-refractivity contribution in [3.63, 3.8) is 0 Å². The van der Waals surface area contributed by atoms with Gasteiger partial charge in [-0.1, -0.05) is 18.6 Å². The van der Waals surface area contributed by atoms with Crippen molar-refractivity contribution in [3.8, 4) is 0 Å². The van der Waals surface area contributed by atoms with Crippen molar-refractivity contribution in [2.24, 2.45) is 10.9 Å². The van der Waals surface area contributed by atoms with Crippen LogP contribution in [-0.2, 0) is 16.1 Å². The van der Waals surface area contributed by atoms with E-state index in [4.69, 9.17) is 4.74 Å². The molecule has 1 aliphatic carbocycles. The molecule has 2 heterocycles. The number of nitrogens with one attached hydrogen (secondary N) is 3. The summed E-state index contributed by atoms with van der Waals surface area (Å²) >= 11 is 0. The van der Waals surface area contributed by atoms with Gasteiger partial charge in [-0.15, -0.1) is 0 Å². The smallest absolute Gasteiger partial charge is 0.227 e. The monoisotopic (exact) mass is 356 g/mol. The maximum atomic E-state index is 12.1. The lowest BCUT2D eigenvalue weighted by Gasteiger charge is -2.24. The molecule has 1 aromatic carbocycles. The summed E-state index contributed by atoms with van der Waals surface area (Å²) in [6, 6.07) is 8.36. The molecule has 3 aliphatic rings. The van der Waals surface area contributed by atoms with Crippen molar-refractivity contribution < 1.29 is 9.53 Å². The van der Waals surface area contributed by atoms with Gasteiger partial charge in [-0.25, -0.2) is 0 Å². The Morgan fingerprint density at radius 1 is 1.27 bits per heavy atom. The van der Waals surface area contributed by atoms with Gasteiger partial charge in [0.15, 0.2) is 5.96 Å². The molecule has 3 fully saturated rings. The lowest BCUT2D eigenvalue weighted by molar-refractivity contribution is -0.122. The highest BCUT2D eigenvalue weighted by atomic mass is 16.5. The maximum Gasteiger partial charge on any atom is 0.227 e. The largest absolute Gasteiger partial charge is 0.373 e. The summed E-state index contributed by atoms with van der Waals surface area (Å²) in [7, 11) is 1.79. The number of hydrogen-bond acceptors (Lipinski definition) is 3. The normalized spacial score (nSPS) is 27.9. The van der Waals surface area contributed by atoms with Gasteiger partial charge in [0.2, 0.25) is 5.91 Å². The molecule has 3 unspecified atom stereocenters. The van der Waals surface area contributed by atoms with Gasteiger partial charge in [-0.05, 0) is 49.8 Å². The maximum absolute atomic E-state index is 12.1. The first-order valence-electron chi connectivity index (χ1n) is 9.73. The standard InChI is InChI=1S/C20H28N4O2/c1-21-20(24-17-11-16-8-9-18(17)26-16)22-12-13-4-2-7-15(10-13)23-19(25)14-5-3-6-14/h2,4,7,10,14,16-18H,3,5-6,8-9,11-12H2,1H3,(H,23,25)(H2,21,22,24). The van der Waals surface area contributed by atoms with E-state index in [0.29, 0.717) is 24.8 Å². The van der Waals surface area contributed by atoms with Gasteiger partial charge in [-0.2, -0.15) is 0 Å². The predicted octanol–water partition coefficient (Wildman–Crippen LogP) is 2.41. The number of benzene rings is 1. The van der Waals surface area contributed by atoms with Crippen LogP contribution >= 0.6 is 0 Å². The van der Waals surface area contributed by atoms with E-state index >= 15 is 0 Å². The summed E-state index contributed by atoms with van der Waals surface area (Å²) in [4.78, 5) is 16.4. The van der Waals surface area contributed by atoms with Crippen molar-refractivity contribution in [1.82, 2.24) is 10.6 Å². The Morgan fingerprint density at radius 2 is 2.15 bits per heavy atom. The average molecular weight is 356 g/mol. The summed E-state index contributed by atoms with van der Waals surface area (Å²) in [5.74, 6) is 1.15. The summed E-state index contributed by atoms with van der Waals surface area (Å²) in [6.45, 7) is 0.661. The first-order valence-corrected chi connectivity index (χ1v) is 9.73. The minimum Gasteiger partial charge on any atom is -0.373 e. The molecule has 1 saturated carbocycles. The topological polar surface area (TPSA) is 74.8 Å². The van der Waals surface area contributed by atoms with E-state index in [-0.39, 0.29) is 11.8 Å². The molecule has 4 rings (SSSR count). The molecule has 3 atom stereocenters. The van der Waals surface area contributed by atoms with Crippen LogP contribution in [0.1, 0.15) is 44.1 Å². The lowest BCUT2D eigenvalue weighted by Crippen LogP contribution is -2.47. The van der Waals surface area contributed by atoms with Crippen molar-refractivity contribution in [2.75, 3.05) is 12.4 Å². The zero-order valence-electron chi connectivity index (χ0n) is 15.3. The number of aliphatic imine (C=N–C) groups is 1. The third-order valence-corrected chi connectivity index (χ3v) is 5.78. The number of carbonyl (C=O) groups excluding carboxylic acids is 1. The Morgan fingerprint density at radius 3 is 2.81 bits per heavy atom. The number of anilines is 1. The fraction of sp³-hybridized carbons (Fsp3) is 0.600. The van der Waals surface area contributed by atoms with Crippen LogP contribution in [0.25, 0.3) is 0 Å². The Balaban J connectivity index is 1.29. The molecule has 0 aromatic heterocycles.